The average molecular weight is 379 g/mol. The van der Waals surface area contributed by atoms with Crippen LogP contribution in [0.1, 0.15) is 18.1 Å². The number of hydrogen-bond acceptors (Lipinski definition) is 4. The normalized spacial score (nSPS) is 13.4. The molecule has 1 N–H and O–H groups in total. The molecule has 0 saturated carbocycles. The molecule has 138 valence electrons. The Labute approximate surface area is 159 Å². The van der Waals surface area contributed by atoms with Crippen molar-refractivity contribution in [2.45, 2.75) is 24.7 Å². The van der Waals surface area contributed by atoms with E-state index in [0.29, 0.717) is 5.82 Å². The van der Waals surface area contributed by atoms with Crippen molar-refractivity contribution >= 4 is 27.2 Å². The van der Waals surface area contributed by atoms with Gasteiger partial charge < -0.3 is 4.90 Å². The topological polar surface area (TPSA) is 62.3 Å². The molecule has 4 rings (SSSR count). The van der Waals surface area contributed by atoms with Gasteiger partial charge in [0.1, 0.15) is 5.82 Å². The lowest BCUT2D eigenvalue weighted by molar-refractivity contribution is 0.601. The first-order chi connectivity index (χ1) is 13.1. The van der Waals surface area contributed by atoms with Crippen LogP contribution in [0.3, 0.4) is 0 Å². The highest BCUT2D eigenvalue weighted by atomic mass is 32.2. The third-order valence-electron chi connectivity index (χ3n) is 4.83. The van der Waals surface area contributed by atoms with Gasteiger partial charge in [-0.3, -0.25) is 4.72 Å². The Morgan fingerprint density at radius 3 is 2.52 bits per heavy atom. The lowest BCUT2D eigenvalue weighted by atomic mass is 10.2. The molecule has 0 unspecified atom stereocenters. The van der Waals surface area contributed by atoms with Gasteiger partial charge in [0.2, 0.25) is 0 Å². The van der Waals surface area contributed by atoms with Gasteiger partial charge in [0, 0.05) is 12.2 Å². The van der Waals surface area contributed by atoms with Crippen LogP contribution in [-0.4, -0.2) is 19.9 Å². The summed E-state index contributed by atoms with van der Waals surface area (Å²) in [6.45, 7) is 2.93. The average Bonchev–Trinajstić information content (AvgIpc) is 3.12. The van der Waals surface area contributed by atoms with E-state index in [9.17, 15) is 8.42 Å². The Morgan fingerprint density at radius 2 is 1.81 bits per heavy atom. The maximum Gasteiger partial charge on any atom is 0.263 e. The van der Waals surface area contributed by atoms with E-state index in [4.69, 9.17) is 0 Å². The predicted octanol–water partition coefficient (Wildman–Crippen LogP) is 4.14. The highest BCUT2D eigenvalue weighted by Gasteiger charge is 2.20. The molecule has 6 heteroatoms. The summed E-state index contributed by atoms with van der Waals surface area (Å²) >= 11 is 0. The smallest absolute Gasteiger partial charge is 0.263 e. The van der Waals surface area contributed by atoms with Gasteiger partial charge in [0.25, 0.3) is 10.0 Å². The van der Waals surface area contributed by atoms with E-state index in [1.807, 2.05) is 37.3 Å². The summed E-state index contributed by atoms with van der Waals surface area (Å²) in [7, 11) is -3.64. The van der Waals surface area contributed by atoms with Crippen molar-refractivity contribution < 1.29 is 8.42 Å². The first-order valence-corrected chi connectivity index (χ1v) is 10.5. The van der Waals surface area contributed by atoms with Crippen molar-refractivity contribution in [3.63, 3.8) is 0 Å². The van der Waals surface area contributed by atoms with E-state index in [1.54, 1.807) is 24.4 Å². The summed E-state index contributed by atoms with van der Waals surface area (Å²) in [5.74, 6) is 0.311. The lowest BCUT2D eigenvalue weighted by Gasteiger charge is -2.19. The number of pyridine rings is 1. The fourth-order valence-electron chi connectivity index (χ4n) is 3.31. The zero-order valence-electron chi connectivity index (χ0n) is 15.1. The number of fused-ring (bicyclic) bond motifs is 1. The van der Waals surface area contributed by atoms with Gasteiger partial charge in [-0.2, -0.15) is 0 Å². The molecule has 1 aromatic heterocycles. The molecule has 0 bridgehead atoms. The number of aryl methyl sites for hydroxylation is 1. The van der Waals surface area contributed by atoms with Gasteiger partial charge in [0.05, 0.1) is 16.8 Å². The van der Waals surface area contributed by atoms with Crippen LogP contribution in [-0.2, 0) is 22.9 Å². The van der Waals surface area contributed by atoms with Crippen LogP contribution in [0.2, 0.25) is 0 Å². The summed E-state index contributed by atoms with van der Waals surface area (Å²) in [6, 6.07) is 18.8. The molecule has 0 fully saturated rings. The second-order valence-corrected chi connectivity index (χ2v) is 8.22. The first-order valence-electron chi connectivity index (χ1n) is 9.00. The van der Waals surface area contributed by atoms with E-state index in [-0.39, 0.29) is 4.90 Å². The minimum absolute atomic E-state index is 0.235. The van der Waals surface area contributed by atoms with E-state index < -0.39 is 10.0 Å². The number of para-hydroxylation sites is 1. The molecular formula is C21H21N3O2S. The van der Waals surface area contributed by atoms with Crippen LogP contribution >= 0.6 is 0 Å². The molecule has 2 aromatic carbocycles. The summed E-state index contributed by atoms with van der Waals surface area (Å²) in [6.07, 6.45) is 3.58. The van der Waals surface area contributed by atoms with Crippen LogP contribution in [0.5, 0.6) is 0 Å². The summed E-state index contributed by atoms with van der Waals surface area (Å²) in [4.78, 5) is 6.74. The second kappa shape index (κ2) is 7.04. The third kappa shape index (κ3) is 3.53. The van der Waals surface area contributed by atoms with Crippen molar-refractivity contribution in [1.29, 1.82) is 0 Å². The summed E-state index contributed by atoms with van der Waals surface area (Å²) in [5, 5.41) is 0. The molecule has 1 aliphatic heterocycles. The van der Waals surface area contributed by atoms with E-state index >= 15 is 0 Å². The monoisotopic (exact) mass is 379 g/mol. The molecule has 0 spiro atoms. The second-order valence-electron chi connectivity index (χ2n) is 6.53. The van der Waals surface area contributed by atoms with Crippen LogP contribution in [0.15, 0.2) is 71.8 Å². The number of rotatable bonds is 5. The van der Waals surface area contributed by atoms with Crippen molar-refractivity contribution in [3.8, 4) is 0 Å². The van der Waals surface area contributed by atoms with Gasteiger partial charge in [-0.15, -0.1) is 0 Å². The Balaban J connectivity index is 1.52. The van der Waals surface area contributed by atoms with E-state index in [2.05, 4.69) is 26.7 Å². The molecule has 0 aliphatic carbocycles. The zero-order chi connectivity index (χ0) is 18.9. The van der Waals surface area contributed by atoms with Crippen molar-refractivity contribution in [1.82, 2.24) is 4.98 Å². The maximum atomic E-state index is 12.5. The van der Waals surface area contributed by atoms with Crippen LogP contribution in [0.4, 0.5) is 17.2 Å². The molecule has 0 saturated heterocycles. The Kier molecular flexibility index (Phi) is 4.58. The number of nitrogens with zero attached hydrogens (tertiary/aromatic N) is 2. The van der Waals surface area contributed by atoms with Gasteiger partial charge in [-0.25, -0.2) is 13.4 Å². The molecule has 0 atom stereocenters. The standard InChI is InChI=1S/C21H21N3O2S/c1-2-16-7-10-19(11-8-16)27(25,26)23-21-12-9-18(15-22-21)24-14-13-17-5-3-4-6-20(17)24/h3-12,15H,2,13-14H2,1H3,(H,22,23). The van der Waals surface area contributed by atoms with Crippen LogP contribution < -0.4 is 9.62 Å². The quantitative estimate of drug-likeness (QED) is 0.724. The van der Waals surface area contributed by atoms with Gasteiger partial charge >= 0.3 is 0 Å². The number of sulfonamides is 1. The number of aromatic nitrogens is 1. The minimum Gasteiger partial charge on any atom is -0.340 e. The molecule has 0 amide bonds. The molecule has 5 nitrogen and oxygen atoms in total. The SMILES string of the molecule is CCc1ccc(S(=O)(=O)Nc2ccc(N3CCc4ccccc43)cn2)cc1. The van der Waals surface area contributed by atoms with Crippen LogP contribution in [0.25, 0.3) is 0 Å². The Hall–Kier alpha value is -2.86. The van der Waals surface area contributed by atoms with Gasteiger partial charge in [0.15, 0.2) is 0 Å². The van der Waals surface area contributed by atoms with Crippen molar-refractivity contribution in [2.24, 2.45) is 0 Å². The maximum absolute atomic E-state index is 12.5. The zero-order valence-corrected chi connectivity index (χ0v) is 15.9. The summed E-state index contributed by atoms with van der Waals surface area (Å²) < 4.78 is 27.6. The highest BCUT2D eigenvalue weighted by molar-refractivity contribution is 7.92. The number of nitrogens with one attached hydrogen (secondary N) is 1. The van der Waals surface area contributed by atoms with Gasteiger partial charge in [-0.05, 0) is 54.3 Å². The van der Waals surface area contributed by atoms with Gasteiger partial charge in [-0.1, -0.05) is 37.3 Å². The Morgan fingerprint density at radius 1 is 1.04 bits per heavy atom. The molecule has 1 aliphatic rings. The van der Waals surface area contributed by atoms with E-state index in [0.717, 1.165) is 30.6 Å². The molecule has 27 heavy (non-hydrogen) atoms. The Bertz CT molecular complexity index is 1050. The van der Waals surface area contributed by atoms with Crippen LogP contribution in [0, 0.1) is 0 Å². The highest BCUT2D eigenvalue weighted by Crippen LogP contribution is 2.34. The first kappa shape index (κ1) is 17.5. The van der Waals surface area contributed by atoms with Crippen molar-refractivity contribution in [3.05, 3.63) is 78.0 Å². The lowest BCUT2D eigenvalue weighted by Crippen LogP contribution is -2.16. The fourth-order valence-corrected chi connectivity index (χ4v) is 4.32. The third-order valence-corrected chi connectivity index (χ3v) is 6.20. The molecular weight excluding hydrogens is 358 g/mol. The molecule has 2 heterocycles. The molecule has 3 aromatic rings. The number of anilines is 3. The molecule has 0 radical (unpaired) electrons. The number of hydrogen-bond donors (Lipinski definition) is 1. The largest absolute Gasteiger partial charge is 0.340 e. The predicted molar refractivity (Wildman–Crippen MR) is 108 cm³/mol. The fraction of sp³-hybridized carbons (Fsp3) is 0.190. The minimum atomic E-state index is -3.64. The van der Waals surface area contributed by atoms with E-state index in [1.165, 1.54) is 11.3 Å². The van der Waals surface area contributed by atoms with Crippen molar-refractivity contribution in [2.75, 3.05) is 16.2 Å². The summed E-state index contributed by atoms with van der Waals surface area (Å²) in [5.41, 5.74) is 4.55. The number of benzene rings is 2.